The smallest absolute Gasteiger partial charge is 0.242 e. The number of hydrogen-bond donors (Lipinski definition) is 3. The summed E-state index contributed by atoms with van der Waals surface area (Å²) in [6.45, 7) is 4.64. The Morgan fingerprint density at radius 2 is 1.47 bits per heavy atom. The summed E-state index contributed by atoms with van der Waals surface area (Å²) in [6.07, 6.45) is 3.91. The quantitative estimate of drug-likeness (QED) is 0.471. The van der Waals surface area contributed by atoms with Crippen LogP contribution in [0.3, 0.4) is 0 Å². The lowest BCUT2D eigenvalue weighted by Gasteiger charge is -2.21. The number of amides is 2. The molecule has 0 saturated heterocycles. The Morgan fingerprint density at radius 1 is 0.867 bits per heavy atom. The van der Waals surface area contributed by atoms with Gasteiger partial charge in [0.1, 0.15) is 6.04 Å². The van der Waals surface area contributed by atoms with E-state index in [-0.39, 0.29) is 11.8 Å². The van der Waals surface area contributed by atoms with Crippen molar-refractivity contribution in [3.63, 3.8) is 0 Å². The first kappa shape index (κ1) is 23.6. The molecular weight excluding hydrogens is 374 g/mol. The molecule has 2 atom stereocenters. The molecule has 0 aliphatic heterocycles. The molecule has 0 radical (unpaired) electrons. The van der Waals surface area contributed by atoms with Gasteiger partial charge in [0.15, 0.2) is 0 Å². The van der Waals surface area contributed by atoms with Crippen LogP contribution in [0.4, 0.5) is 0 Å². The van der Waals surface area contributed by atoms with Gasteiger partial charge in [-0.05, 0) is 42.7 Å². The van der Waals surface area contributed by atoms with Crippen LogP contribution in [-0.4, -0.2) is 30.4 Å². The Bertz CT molecular complexity index is 762. The number of aryl methyl sites for hydroxylation is 1. The molecule has 0 unspecified atom stereocenters. The zero-order valence-electron chi connectivity index (χ0n) is 18.1. The molecule has 2 rings (SSSR count). The molecule has 30 heavy (non-hydrogen) atoms. The highest BCUT2D eigenvalue weighted by atomic mass is 16.2. The van der Waals surface area contributed by atoms with Gasteiger partial charge < -0.3 is 16.4 Å². The van der Waals surface area contributed by atoms with Gasteiger partial charge in [0.05, 0.1) is 6.04 Å². The minimum absolute atomic E-state index is 0.163. The number of unbranched alkanes of at least 4 members (excludes halogenated alkanes) is 1. The molecular formula is C25H35N3O2. The maximum absolute atomic E-state index is 12.8. The summed E-state index contributed by atoms with van der Waals surface area (Å²) in [5, 5.41) is 5.84. The van der Waals surface area contributed by atoms with Crippen LogP contribution >= 0.6 is 0 Å². The third-order valence-corrected chi connectivity index (χ3v) is 5.01. The average Bonchev–Trinajstić information content (AvgIpc) is 2.73. The van der Waals surface area contributed by atoms with Gasteiger partial charge in [-0.15, -0.1) is 0 Å². The molecule has 0 saturated carbocycles. The molecule has 4 N–H and O–H groups in total. The Hall–Kier alpha value is -2.66. The molecule has 0 spiro atoms. The monoisotopic (exact) mass is 409 g/mol. The fraction of sp³-hybridized carbons (Fsp3) is 0.440. The highest BCUT2D eigenvalue weighted by molar-refractivity contribution is 5.89. The number of carbonyl (C=O) groups is 2. The number of benzene rings is 2. The van der Waals surface area contributed by atoms with Crippen molar-refractivity contribution in [2.24, 2.45) is 11.7 Å². The summed E-state index contributed by atoms with van der Waals surface area (Å²) in [4.78, 5) is 25.3. The van der Waals surface area contributed by atoms with E-state index in [1.165, 1.54) is 5.56 Å². The lowest BCUT2D eigenvalue weighted by molar-refractivity contribution is -0.129. The molecule has 0 bridgehead atoms. The number of hydrogen-bond acceptors (Lipinski definition) is 3. The molecule has 0 heterocycles. The van der Waals surface area contributed by atoms with Crippen LogP contribution in [-0.2, 0) is 22.4 Å². The van der Waals surface area contributed by atoms with Crippen molar-refractivity contribution in [1.82, 2.24) is 10.6 Å². The summed E-state index contributed by atoms with van der Waals surface area (Å²) in [5.41, 5.74) is 8.31. The predicted molar refractivity (Wildman–Crippen MR) is 122 cm³/mol. The summed E-state index contributed by atoms with van der Waals surface area (Å²) < 4.78 is 0. The van der Waals surface area contributed by atoms with Gasteiger partial charge in [0, 0.05) is 13.0 Å². The van der Waals surface area contributed by atoms with Crippen LogP contribution in [0.5, 0.6) is 0 Å². The summed E-state index contributed by atoms with van der Waals surface area (Å²) >= 11 is 0. The number of nitrogens with two attached hydrogens (primary N) is 1. The van der Waals surface area contributed by atoms with Crippen LogP contribution in [0.2, 0.25) is 0 Å². The van der Waals surface area contributed by atoms with E-state index in [0.717, 1.165) is 24.8 Å². The topological polar surface area (TPSA) is 84.2 Å². The van der Waals surface area contributed by atoms with Crippen LogP contribution in [0.25, 0.3) is 0 Å². The van der Waals surface area contributed by atoms with E-state index in [1.807, 2.05) is 62.4 Å². The zero-order chi connectivity index (χ0) is 21.8. The Balaban J connectivity index is 1.86. The van der Waals surface area contributed by atoms with Gasteiger partial charge in [-0.25, -0.2) is 0 Å². The van der Waals surface area contributed by atoms with E-state index >= 15 is 0 Å². The molecule has 2 aromatic rings. The SMILES string of the molecule is CC(C)C[C@@H](N)C(=O)N[C@@H](Cc1ccccc1)C(=O)NCCCCc1ccccc1. The normalized spacial score (nSPS) is 12.9. The first-order chi connectivity index (χ1) is 14.5. The van der Waals surface area contributed by atoms with Crippen molar-refractivity contribution >= 4 is 11.8 Å². The van der Waals surface area contributed by atoms with E-state index in [1.54, 1.807) is 0 Å². The van der Waals surface area contributed by atoms with Crippen LogP contribution in [0, 0.1) is 5.92 Å². The largest absolute Gasteiger partial charge is 0.354 e. The van der Waals surface area contributed by atoms with E-state index in [2.05, 4.69) is 22.8 Å². The molecule has 0 aliphatic carbocycles. The zero-order valence-corrected chi connectivity index (χ0v) is 18.1. The van der Waals surface area contributed by atoms with Crippen LogP contribution in [0.15, 0.2) is 60.7 Å². The van der Waals surface area contributed by atoms with Gasteiger partial charge in [-0.3, -0.25) is 9.59 Å². The second-order valence-electron chi connectivity index (χ2n) is 8.22. The first-order valence-corrected chi connectivity index (χ1v) is 10.9. The van der Waals surface area contributed by atoms with Crippen LogP contribution < -0.4 is 16.4 Å². The van der Waals surface area contributed by atoms with Crippen molar-refractivity contribution < 1.29 is 9.59 Å². The Morgan fingerprint density at radius 3 is 2.07 bits per heavy atom. The Labute approximate surface area is 180 Å². The molecule has 162 valence electrons. The fourth-order valence-corrected chi connectivity index (χ4v) is 3.39. The second-order valence-corrected chi connectivity index (χ2v) is 8.22. The van der Waals surface area contributed by atoms with E-state index in [9.17, 15) is 9.59 Å². The minimum Gasteiger partial charge on any atom is -0.354 e. The molecule has 0 aromatic heterocycles. The maximum atomic E-state index is 12.8. The second kappa shape index (κ2) is 12.8. The maximum Gasteiger partial charge on any atom is 0.242 e. The summed E-state index contributed by atoms with van der Waals surface area (Å²) in [7, 11) is 0. The molecule has 5 heteroatoms. The summed E-state index contributed by atoms with van der Waals surface area (Å²) in [5.74, 6) is -0.121. The highest BCUT2D eigenvalue weighted by Crippen LogP contribution is 2.07. The molecule has 0 fully saturated rings. The lowest BCUT2D eigenvalue weighted by Crippen LogP contribution is -2.52. The van der Waals surface area contributed by atoms with Crippen molar-refractivity contribution in [2.45, 2.75) is 58.0 Å². The molecule has 5 nitrogen and oxygen atoms in total. The fourth-order valence-electron chi connectivity index (χ4n) is 3.39. The van der Waals surface area contributed by atoms with E-state index < -0.39 is 12.1 Å². The average molecular weight is 410 g/mol. The van der Waals surface area contributed by atoms with Gasteiger partial charge >= 0.3 is 0 Å². The summed E-state index contributed by atoms with van der Waals surface area (Å²) in [6, 6.07) is 18.8. The third-order valence-electron chi connectivity index (χ3n) is 5.01. The first-order valence-electron chi connectivity index (χ1n) is 10.9. The van der Waals surface area contributed by atoms with Crippen molar-refractivity contribution in [3.05, 3.63) is 71.8 Å². The molecule has 0 aliphatic rings. The van der Waals surface area contributed by atoms with Crippen molar-refractivity contribution in [2.75, 3.05) is 6.54 Å². The molecule has 2 aromatic carbocycles. The van der Waals surface area contributed by atoms with Gasteiger partial charge in [-0.1, -0.05) is 74.5 Å². The number of rotatable bonds is 12. The number of nitrogens with one attached hydrogen (secondary N) is 2. The standard InChI is InChI=1S/C25H35N3O2/c1-19(2)17-22(26)24(29)28-23(18-21-14-7-4-8-15-21)25(30)27-16-10-9-13-20-11-5-3-6-12-20/h3-8,11-12,14-15,19,22-23H,9-10,13,16-18,26H2,1-2H3,(H,27,30)(H,28,29)/t22-,23+/m1/s1. The third kappa shape index (κ3) is 8.78. The highest BCUT2D eigenvalue weighted by Gasteiger charge is 2.24. The van der Waals surface area contributed by atoms with Gasteiger partial charge in [-0.2, -0.15) is 0 Å². The Kier molecular flexibility index (Phi) is 10.1. The van der Waals surface area contributed by atoms with Crippen molar-refractivity contribution in [1.29, 1.82) is 0 Å². The van der Waals surface area contributed by atoms with Crippen LogP contribution in [0.1, 0.15) is 44.2 Å². The van der Waals surface area contributed by atoms with Crippen molar-refractivity contribution in [3.8, 4) is 0 Å². The van der Waals surface area contributed by atoms with E-state index in [4.69, 9.17) is 5.73 Å². The lowest BCUT2D eigenvalue weighted by atomic mass is 10.0. The number of carbonyl (C=O) groups excluding carboxylic acids is 2. The van der Waals surface area contributed by atoms with E-state index in [0.29, 0.717) is 25.3 Å². The predicted octanol–water partition coefficient (Wildman–Crippen LogP) is 3.23. The van der Waals surface area contributed by atoms with Gasteiger partial charge in [0.25, 0.3) is 0 Å². The minimum atomic E-state index is -0.632. The van der Waals surface area contributed by atoms with Gasteiger partial charge in [0.2, 0.25) is 11.8 Å². The molecule has 2 amide bonds.